The molecule has 24 heavy (non-hydrogen) atoms. The molecule has 0 saturated heterocycles. The summed E-state index contributed by atoms with van der Waals surface area (Å²) in [5, 5.41) is 15.9. The molecule has 0 spiro atoms. The molecule has 0 atom stereocenters. The molecule has 0 unspecified atom stereocenters. The van der Waals surface area contributed by atoms with Crippen LogP contribution in [0.15, 0.2) is 48.8 Å². The Labute approximate surface area is 137 Å². The average molecular weight is 329 g/mol. The van der Waals surface area contributed by atoms with E-state index in [1.807, 2.05) is 0 Å². The number of carbonyl (C=O) groups is 3. The first-order valence-corrected chi connectivity index (χ1v) is 6.97. The molecular weight excluding hydrogens is 314 g/mol. The summed E-state index contributed by atoms with van der Waals surface area (Å²) >= 11 is 0. The molecule has 8 heteroatoms. The molecule has 0 aliphatic heterocycles. The van der Waals surface area contributed by atoms with Crippen LogP contribution in [0.3, 0.4) is 0 Å². The summed E-state index contributed by atoms with van der Waals surface area (Å²) in [7, 11) is 1.50. The number of nitrogens with one attached hydrogen (secondary N) is 2. The minimum atomic E-state index is -0.718. The average Bonchev–Trinajstić information content (AvgIpc) is 2.59. The number of hydrogen-bond donors (Lipinski definition) is 2. The third-order valence-electron chi connectivity index (χ3n) is 3.01. The summed E-state index contributed by atoms with van der Waals surface area (Å²) < 4.78 is 5.39. The lowest BCUT2D eigenvalue weighted by molar-refractivity contribution is -0.605. The largest absolute Gasteiger partial charge is 0.619 e. The van der Waals surface area contributed by atoms with Gasteiger partial charge in [0.15, 0.2) is 19.0 Å². The molecule has 0 fully saturated rings. The maximum Gasteiger partial charge on any atom is 0.339 e. The van der Waals surface area contributed by atoms with Crippen LogP contribution in [0.25, 0.3) is 0 Å². The first-order valence-electron chi connectivity index (χ1n) is 6.97. The van der Waals surface area contributed by atoms with Gasteiger partial charge in [0.1, 0.15) is 0 Å². The van der Waals surface area contributed by atoms with Crippen LogP contribution < -0.4 is 15.4 Å². The van der Waals surface area contributed by atoms with E-state index >= 15 is 0 Å². The molecule has 0 saturated carbocycles. The van der Waals surface area contributed by atoms with Crippen molar-refractivity contribution < 1.29 is 23.9 Å². The van der Waals surface area contributed by atoms with Gasteiger partial charge in [-0.3, -0.25) is 9.59 Å². The number of carbonyl (C=O) groups excluding carboxylic acids is 3. The Balaban J connectivity index is 1.90. The zero-order valence-corrected chi connectivity index (χ0v) is 12.8. The zero-order valence-electron chi connectivity index (χ0n) is 12.8. The highest BCUT2D eigenvalue weighted by atomic mass is 16.5. The van der Waals surface area contributed by atoms with Crippen molar-refractivity contribution in [2.24, 2.45) is 0 Å². The van der Waals surface area contributed by atoms with Crippen molar-refractivity contribution in [3.05, 3.63) is 65.1 Å². The minimum Gasteiger partial charge on any atom is -0.619 e. The summed E-state index contributed by atoms with van der Waals surface area (Å²) in [6.07, 6.45) is 2.31. The van der Waals surface area contributed by atoms with E-state index in [1.54, 1.807) is 18.2 Å². The molecule has 2 N–H and O–H groups in total. The maximum absolute atomic E-state index is 11.8. The van der Waals surface area contributed by atoms with Crippen LogP contribution in [-0.4, -0.2) is 31.4 Å². The molecule has 0 radical (unpaired) electrons. The van der Waals surface area contributed by atoms with E-state index in [0.717, 1.165) is 12.4 Å². The maximum atomic E-state index is 11.8. The fourth-order valence-electron chi connectivity index (χ4n) is 1.84. The van der Waals surface area contributed by atoms with E-state index < -0.39 is 18.5 Å². The highest BCUT2D eigenvalue weighted by Gasteiger charge is 2.12. The number of anilines is 1. The summed E-state index contributed by atoms with van der Waals surface area (Å²) in [6.45, 7) is -0.491. The molecule has 1 heterocycles. The summed E-state index contributed by atoms with van der Waals surface area (Å²) in [4.78, 5) is 35.1. The SMILES string of the molecule is CNC(=O)c1cccc(NC(=O)COC(=O)c2cc[n+]([O-])cc2)c1. The van der Waals surface area contributed by atoms with Crippen molar-refractivity contribution in [3.8, 4) is 0 Å². The van der Waals surface area contributed by atoms with Crippen LogP contribution in [0.4, 0.5) is 5.69 Å². The number of esters is 1. The van der Waals surface area contributed by atoms with E-state index in [2.05, 4.69) is 10.6 Å². The van der Waals surface area contributed by atoms with Crippen molar-refractivity contribution in [2.75, 3.05) is 19.0 Å². The van der Waals surface area contributed by atoms with Crippen molar-refractivity contribution in [1.82, 2.24) is 5.32 Å². The Morgan fingerprint density at radius 1 is 1.12 bits per heavy atom. The second-order valence-electron chi connectivity index (χ2n) is 4.73. The van der Waals surface area contributed by atoms with Crippen LogP contribution in [-0.2, 0) is 9.53 Å². The second-order valence-corrected chi connectivity index (χ2v) is 4.73. The van der Waals surface area contributed by atoms with E-state index in [9.17, 15) is 19.6 Å². The molecule has 0 bridgehead atoms. The predicted molar refractivity (Wildman–Crippen MR) is 84.1 cm³/mol. The van der Waals surface area contributed by atoms with E-state index in [0.29, 0.717) is 16.0 Å². The van der Waals surface area contributed by atoms with Crippen molar-refractivity contribution in [1.29, 1.82) is 0 Å². The monoisotopic (exact) mass is 329 g/mol. The lowest BCUT2D eigenvalue weighted by Gasteiger charge is -2.08. The predicted octanol–water partition coefficient (Wildman–Crippen LogP) is 0.475. The molecular formula is C16H15N3O5. The van der Waals surface area contributed by atoms with Crippen LogP contribution in [0.2, 0.25) is 0 Å². The lowest BCUT2D eigenvalue weighted by atomic mass is 10.2. The number of pyridine rings is 1. The number of hydrogen-bond acceptors (Lipinski definition) is 5. The van der Waals surface area contributed by atoms with Gasteiger partial charge in [-0.05, 0) is 18.2 Å². The van der Waals surface area contributed by atoms with Gasteiger partial charge in [0.2, 0.25) is 0 Å². The van der Waals surface area contributed by atoms with Crippen LogP contribution in [0.1, 0.15) is 20.7 Å². The van der Waals surface area contributed by atoms with Gasteiger partial charge in [0.05, 0.1) is 5.56 Å². The van der Waals surface area contributed by atoms with Gasteiger partial charge in [-0.15, -0.1) is 0 Å². The smallest absolute Gasteiger partial charge is 0.339 e. The van der Waals surface area contributed by atoms with E-state index in [4.69, 9.17) is 4.74 Å². The minimum absolute atomic E-state index is 0.163. The molecule has 2 rings (SSSR count). The highest BCUT2D eigenvalue weighted by molar-refractivity contribution is 5.98. The van der Waals surface area contributed by atoms with Crippen molar-refractivity contribution in [2.45, 2.75) is 0 Å². The molecule has 2 amide bonds. The van der Waals surface area contributed by atoms with Gasteiger partial charge in [0, 0.05) is 30.4 Å². The number of nitrogens with zero attached hydrogens (tertiary/aromatic N) is 1. The summed E-state index contributed by atoms with van der Waals surface area (Å²) in [5.41, 5.74) is 0.961. The Hall–Kier alpha value is -3.42. The zero-order chi connectivity index (χ0) is 17.5. The Bertz CT molecular complexity index is 759. The molecule has 0 aliphatic carbocycles. The molecule has 124 valence electrons. The quantitative estimate of drug-likeness (QED) is 0.471. The van der Waals surface area contributed by atoms with Gasteiger partial charge in [-0.1, -0.05) is 6.07 Å². The fourth-order valence-corrected chi connectivity index (χ4v) is 1.84. The Kier molecular flexibility index (Phi) is 5.45. The topological polar surface area (TPSA) is 111 Å². The van der Waals surface area contributed by atoms with Crippen LogP contribution in [0, 0.1) is 5.21 Å². The summed E-state index contributed by atoms with van der Waals surface area (Å²) in [5.74, 6) is -1.55. The number of aromatic nitrogens is 1. The van der Waals surface area contributed by atoms with Crippen LogP contribution >= 0.6 is 0 Å². The molecule has 0 aliphatic rings. The lowest BCUT2D eigenvalue weighted by Crippen LogP contribution is -2.25. The van der Waals surface area contributed by atoms with E-state index in [-0.39, 0.29) is 11.5 Å². The van der Waals surface area contributed by atoms with Gasteiger partial charge < -0.3 is 20.6 Å². The second kappa shape index (κ2) is 7.73. The number of ether oxygens (including phenoxy) is 1. The van der Waals surface area contributed by atoms with Gasteiger partial charge in [-0.2, -0.15) is 4.73 Å². The molecule has 1 aromatic carbocycles. The normalized spacial score (nSPS) is 9.88. The Morgan fingerprint density at radius 2 is 1.83 bits per heavy atom. The summed E-state index contributed by atoms with van der Waals surface area (Å²) in [6, 6.07) is 8.92. The molecule has 8 nitrogen and oxygen atoms in total. The third kappa shape index (κ3) is 4.54. The van der Waals surface area contributed by atoms with Gasteiger partial charge in [-0.25, -0.2) is 4.79 Å². The van der Waals surface area contributed by atoms with Gasteiger partial charge >= 0.3 is 5.97 Å². The van der Waals surface area contributed by atoms with Crippen LogP contribution in [0.5, 0.6) is 0 Å². The first kappa shape index (κ1) is 16.9. The fraction of sp³-hybridized carbons (Fsp3) is 0.125. The van der Waals surface area contributed by atoms with Crippen molar-refractivity contribution in [3.63, 3.8) is 0 Å². The molecule has 1 aromatic heterocycles. The third-order valence-corrected chi connectivity index (χ3v) is 3.01. The highest BCUT2D eigenvalue weighted by Crippen LogP contribution is 2.10. The van der Waals surface area contributed by atoms with E-state index in [1.165, 1.54) is 25.2 Å². The standard InChI is InChI=1S/C16H15N3O5/c1-17-15(21)12-3-2-4-13(9-12)18-14(20)10-24-16(22)11-5-7-19(23)8-6-11/h2-9H,10H2,1H3,(H,17,21)(H,18,20). The number of rotatable bonds is 5. The molecule has 2 aromatic rings. The Morgan fingerprint density at radius 3 is 2.50 bits per heavy atom. The van der Waals surface area contributed by atoms with Gasteiger partial charge in [0.25, 0.3) is 11.8 Å². The van der Waals surface area contributed by atoms with Crippen molar-refractivity contribution >= 4 is 23.5 Å². The first-order chi connectivity index (χ1) is 11.5. The number of amides is 2. The number of benzene rings is 1.